The summed E-state index contributed by atoms with van der Waals surface area (Å²) in [6.45, 7) is 6.01. The zero-order valence-corrected chi connectivity index (χ0v) is 13.8. The molecule has 0 aromatic heterocycles. The third-order valence-electron chi connectivity index (χ3n) is 2.97. The molecule has 0 saturated carbocycles. The first kappa shape index (κ1) is 17.9. The smallest absolute Gasteiger partial charge is 0.261 e. The van der Waals surface area contributed by atoms with Gasteiger partial charge in [0.25, 0.3) is 15.0 Å². The van der Waals surface area contributed by atoms with Crippen LogP contribution in [0.3, 0.4) is 0 Å². The molecule has 0 aliphatic rings. The van der Waals surface area contributed by atoms with Crippen LogP contribution in [0.2, 0.25) is 0 Å². The molecule has 0 fully saturated rings. The summed E-state index contributed by atoms with van der Waals surface area (Å²) in [7, 11) is 1.09. The van der Waals surface area contributed by atoms with E-state index in [1.54, 1.807) is 0 Å². The van der Waals surface area contributed by atoms with Crippen LogP contribution in [0.15, 0.2) is 23.1 Å². The van der Waals surface area contributed by atoms with Crippen LogP contribution in [0.5, 0.6) is 0 Å². The third kappa shape index (κ3) is 6.01. The number of carbonyl (C=O) groups is 1. The fourth-order valence-electron chi connectivity index (χ4n) is 1.80. The number of halogens is 2. The number of carbonyl (C=O) groups excluding carboxylic acids is 1. The van der Waals surface area contributed by atoms with E-state index in [0.717, 1.165) is 31.0 Å². The highest BCUT2D eigenvalue weighted by Crippen LogP contribution is 2.18. The average Bonchev–Trinajstić information content (AvgIpc) is 2.34. The van der Waals surface area contributed by atoms with E-state index in [9.17, 15) is 17.6 Å². The molecule has 1 amide bonds. The Morgan fingerprint density at radius 3 is 2.38 bits per heavy atom. The maximum Gasteiger partial charge on any atom is 0.261 e. The minimum atomic E-state index is -4.08. The molecule has 21 heavy (non-hydrogen) atoms. The fraction of sp³-hybridized carbons (Fsp3) is 0.500. The van der Waals surface area contributed by atoms with E-state index >= 15 is 0 Å². The summed E-state index contributed by atoms with van der Waals surface area (Å²) in [6, 6.07) is 2.74. The first-order chi connectivity index (χ1) is 9.59. The Bertz CT molecular complexity index is 617. The Kier molecular flexibility index (Phi) is 6.16. The van der Waals surface area contributed by atoms with Crippen LogP contribution in [0.25, 0.3) is 0 Å². The lowest BCUT2D eigenvalue weighted by atomic mass is 10.0. The van der Waals surface area contributed by atoms with Crippen LogP contribution in [0.4, 0.5) is 4.39 Å². The van der Waals surface area contributed by atoms with Crippen molar-refractivity contribution < 1.29 is 17.6 Å². The van der Waals surface area contributed by atoms with E-state index in [1.165, 1.54) is 0 Å². The zero-order valence-electron chi connectivity index (χ0n) is 12.2. The normalized spacial score (nSPS) is 13.2. The monoisotopic (exact) mass is 335 g/mol. The molecule has 7 heteroatoms. The standard InChI is InChI=1S/C14H19ClFNO3S/c1-9(2)4-5-10(3)17-14(18)11-6-12(16)8-13(7-11)21(15,19)20/h6-10H,4-5H2,1-3H3,(H,17,18). The summed E-state index contributed by atoms with van der Waals surface area (Å²) in [6.07, 6.45) is 1.74. The number of rotatable bonds is 6. The number of hydrogen-bond acceptors (Lipinski definition) is 3. The van der Waals surface area contributed by atoms with Crippen molar-refractivity contribution >= 4 is 25.6 Å². The molecule has 1 rings (SSSR count). The lowest BCUT2D eigenvalue weighted by Crippen LogP contribution is -2.32. The molecule has 0 spiro atoms. The van der Waals surface area contributed by atoms with Gasteiger partial charge in [0.05, 0.1) is 4.90 Å². The van der Waals surface area contributed by atoms with Gasteiger partial charge in [0.15, 0.2) is 0 Å². The van der Waals surface area contributed by atoms with Gasteiger partial charge in [-0.15, -0.1) is 0 Å². The van der Waals surface area contributed by atoms with E-state index in [-0.39, 0.29) is 11.6 Å². The van der Waals surface area contributed by atoms with E-state index in [0.29, 0.717) is 5.92 Å². The largest absolute Gasteiger partial charge is 0.350 e. The van der Waals surface area contributed by atoms with Crippen molar-refractivity contribution in [1.82, 2.24) is 5.32 Å². The molecular weight excluding hydrogens is 317 g/mol. The summed E-state index contributed by atoms with van der Waals surface area (Å²) in [5.41, 5.74) is -0.0642. The minimum Gasteiger partial charge on any atom is -0.350 e. The van der Waals surface area contributed by atoms with E-state index in [1.807, 2.05) is 6.92 Å². The van der Waals surface area contributed by atoms with Crippen LogP contribution in [0, 0.1) is 11.7 Å². The minimum absolute atomic E-state index is 0.0642. The fourth-order valence-corrected chi connectivity index (χ4v) is 2.59. The number of amides is 1. The molecule has 4 nitrogen and oxygen atoms in total. The van der Waals surface area contributed by atoms with Crippen molar-refractivity contribution in [3.8, 4) is 0 Å². The average molecular weight is 336 g/mol. The van der Waals surface area contributed by atoms with Crippen molar-refractivity contribution in [2.75, 3.05) is 0 Å². The van der Waals surface area contributed by atoms with E-state index < -0.39 is 25.7 Å². The second-order valence-corrected chi connectivity index (χ2v) is 8.03. The molecule has 0 radical (unpaired) electrons. The van der Waals surface area contributed by atoms with Crippen molar-refractivity contribution in [3.05, 3.63) is 29.6 Å². The highest BCUT2D eigenvalue weighted by atomic mass is 35.7. The van der Waals surface area contributed by atoms with Crippen LogP contribution in [-0.4, -0.2) is 20.4 Å². The van der Waals surface area contributed by atoms with Gasteiger partial charge in [-0.3, -0.25) is 4.79 Å². The molecule has 0 aliphatic heterocycles. The van der Waals surface area contributed by atoms with Crippen molar-refractivity contribution in [2.45, 2.75) is 44.6 Å². The predicted molar refractivity (Wildman–Crippen MR) is 80.4 cm³/mol. The summed E-state index contributed by atoms with van der Waals surface area (Å²) in [4.78, 5) is 11.6. The van der Waals surface area contributed by atoms with Gasteiger partial charge >= 0.3 is 0 Å². The van der Waals surface area contributed by atoms with Gasteiger partial charge in [0, 0.05) is 22.3 Å². The van der Waals surface area contributed by atoms with E-state index in [4.69, 9.17) is 10.7 Å². The Balaban J connectivity index is 2.86. The van der Waals surface area contributed by atoms with Gasteiger partial charge in [-0.25, -0.2) is 12.8 Å². The second kappa shape index (κ2) is 7.22. The van der Waals surface area contributed by atoms with Crippen LogP contribution in [0.1, 0.15) is 44.0 Å². The summed E-state index contributed by atoms with van der Waals surface area (Å²) >= 11 is 0. The summed E-state index contributed by atoms with van der Waals surface area (Å²) in [5, 5.41) is 2.71. The molecule has 1 atom stereocenters. The molecule has 118 valence electrons. The second-order valence-electron chi connectivity index (χ2n) is 5.46. The Labute approximate surface area is 129 Å². The van der Waals surface area contributed by atoms with Crippen LogP contribution >= 0.6 is 10.7 Å². The molecule has 0 bridgehead atoms. The number of nitrogens with one attached hydrogen (secondary N) is 1. The number of hydrogen-bond donors (Lipinski definition) is 1. The molecule has 0 heterocycles. The van der Waals surface area contributed by atoms with Crippen molar-refractivity contribution in [2.24, 2.45) is 5.92 Å². The highest BCUT2D eigenvalue weighted by molar-refractivity contribution is 8.13. The van der Waals surface area contributed by atoms with Gasteiger partial charge in [-0.1, -0.05) is 13.8 Å². The lowest BCUT2D eigenvalue weighted by Gasteiger charge is -2.15. The van der Waals surface area contributed by atoms with Crippen molar-refractivity contribution in [1.29, 1.82) is 0 Å². The molecule has 1 unspecified atom stereocenters. The topological polar surface area (TPSA) is 63.2 Å². The third-order valence-corrected chi connectivity index (χ3v) is 4.30. The van der Waals surface area contributed by atoms with Gasteiger partial charge in [-0.05, 0) is 43.9 Å². The number of benzene rings is 1. The maximum absolute atomic E-state index is 13.4. The molecule has 0 saturated heterocycles. The first-order valence-electron chi connectivity index (χ1n) is 6.65. The van der Waals surface area contributed by atoms with Crippen molar-refractivity contribution in [3.63, 3.8) is 0 Å². The van der Waals surface area contributed by atoms with Gasteiger partial charge in [0.1, 0.15) is 5.82 Å². The lowest BCUT2D eigenvalue weighted by molar-refractivity contribution is 0.0936. The molecule has 1 N–H and O–H groups in total. The molecule has 1 aromatic carbocycles. The Hall–Kier alpha value is -1.14. The SMILES string of the molecule is CC(C)CCC(C)NC(=O)c1cc(F)cc(S(=O)(=O)Cl)c1. The maximum atomic E-state index is 13.4. The molecule has 0 aliphatic carbocycles. The highest BCUT2D eigenvalue weighted by Gasteiger charge is 2.17. The first-order valence-corrected chi connectivity index (χ1v) is 8.96. The summed E-state index contributed by atoms with van der Waals surface area (Å²) in [5.74, 6) is -0.824. The molecule has 1 aromatic rings. The quantitative estimate of drug-likeness (QED) is 0.811. The summed E-state index contributed by atoms with van der Waals surface area (Å²) < 4.78 is 35.9. The molecular formula is C14H19ClFNO3S. The van der Waals surface area contributed by atoms with Crippen LogP contribution < -0.4 is 5.32 Å². The zero-order chi connectivity index (χ0) is 16.2. The van der Waals surface area contributed by atoms with Crippen LogP contribution in [-0.2, 0) is 9.05 Å². The van der Waals surface area contributed by atoms with Gasteiger partial charge in [-0.2, -0.15) is 0 Å². The Morgan fingerprint density at radius 2 is 1.86 bits per heavy atom. The van der Waals surface area contributed by atoms with E-state index in [2.05, 4.69) is 19.2 Å². The predicted octanol–water partition coefficient (Wildman–Crippen LogP) is 3.31. The Morgan fingerprint density at radius 1 is 1.24 bits per heavy atom. The van der Waals surface area contributed by atoms with Gasteiger partial charge in [0.2, 0.25) is 0 Å². The van der Waals surface area contributed by atoms with Gasteiger partial charge < -0.3 is 5.32 Å².